The predicted octanol–water partition coefficient (Wildman–Crippen LogP) is 4.00. The van der Waals surface area contributed by atoms with Gasteiger partial charge in [-0.2, -0.15) is 4.99 Å². The number of hydrogen-bond acceptors (Lipinski definition) is 3. The van der Waals surface area contributed by atoms with E-state index in [0.717, 1.165) is 0 Å². The number of aliphatic imine (C=N–C) groups is 1. The zero-order valence-corrected chi connectivity index (χ0v) is 11.9. The maximum atomic E-state index is 10.9. The van der Waals surface area contributed by atoms with Crippen LogP contribution in [0.25, 0.3) is 0 Å². The first-order valence-corrected chi connectivity index (χ1v) is 6.36. The number of nitrogens with zero attached hydrogens (tertiary/aromatic N) is 1. The molecule has 0 aliphatic rings. The molecule has 0 bridgehead atoms. The maximum Gasteiger partial charge on any atom is 0.285 e. The van der Waals surface area contributed by atoms with Gasteiger partial charge in [0.25, 0.3) is 11.1 Å². The van der Waals surface area contributed by atoms with Crippen LogP contribution in [0.15, 0.2) is 65.7 Å². The molecule has 2 aromatic carbocycles. The zero-order valence-electron chi connectivity index (χ0n) is 10.3. The molecule has 0 radical (unpaired) electrons. The summed E-state index contributed by atoms with van der Waals surface area (Å²) in [6.07, 6.45) is 0. The zero-order chi connectivity index (χ0) is 14.8. The van der Waals surface area contributed by atoms with Crippen LogP contribution in [0.1, 0.15) is 20.7 Å². The summed E-state index contributed by atoms with van der Waals surface area (Å²) in [4.78, 5) is 24.7. The first-order chi connectivity index (χ1) is 9.65. The quantitative estimate of drug-likeness (QED) is 0.478. The van der Waals surface area contributed by atoms with Crippen molar-refractivity contribution in [3.05, 3.63) is 71.8 Å². The largest absolute Gasteiger partial charge is 0.285 e. The number of carbonyl (C=O) groups excluding carboxylic acids is 2. The van der Waals surface area contributed by atoms with Gasteiger partial charge in [-0.1, -0.05) is 48.5 Å². The fourth-order valence-corrected chi connectivity index (χ4v) is 1.46. The van der Waals surface area contributed by atoms with Crippen LogP contribution in [0.4, 0.5) is 0 Å². The summed E-state index contributed by atoms with van der Waals surface area (Å²) in [6.45, 7) is 0. The summed E-state index contributed by atoms with van der Waals surface area (Å²) >= 11 is 9.45. The Morgan fingerprint density at radius 1 is 0.900 bits per heavy atom. The Morgan fingerprint density at radius 3 is 1.70 bits per heavy atom. The van der Waals surface area contributed by atoms with Crippen LogP contribution < -0.4 is 0 Å². The molecule has 0 heterocycles. The van der Waals surface area contributed by atoms with Crippen LogP contribution in [0.2, 0.25) is 0 Å². The van der Waals surface area contributed by atoms with Gasteiger partial charge in [0.2, 0.25) is 0 Å². The first-order valence-electron chi connectivity index (χ1n) is 5.57. The van der Waals surface area contributed by atoms with Gasteiger partial charge in [-0.05, 0) is 36.0 Å². The number of rotatable bonds is 2. The van der Waals surface area contributed by atoms with E-state index in [-0.39, 0.29) is 5.91 Å². The molecule has 20 heavy (non-hydrogen) atoms. The number of thiocarbonyl (C=S) groups is 1. The standard InChI is InChI=1S/C8H5NOS.C7H5ClO/c10-8(9-6-11)7-4-2-1-3-5-7;8-7(9)6-4-2-1-3-5-6/h1-5H;1-5H. The van der Waals surface area contributed by atoms with Crippen molar-refractivity contribution in [3.63, 3.8) is 0 Å². The molecule has 3 nitrogen and oxygen atoms in total. The second kappa shape index (κ2) is 8.88. The predicted molar refractivity (Wildman–Crippen MR) is 82.4 cm³/mol. The van der Waals surface area contributed by atoms with Gasteiger partial charge in [0.1, 0.15) is 0 Å². The second-order valence-electron chi connectivity index (χ2n) is 3.51. The van der Waals surface area contributed by atoms with Gasteiger partial charge in [-0.3, -0.25) is 9.59 Å². The Kier molecular flexibility index (Phi) is 7.07. The third-order valence-corrected chi connectivity index (χ3v) is 2.48. The van der Waals surface area contributed by atoms with E-state index < -0.39 is 5.24 Å². The molecular weight excluding hydrogens is 294 g/mol. The van der Waals surface area contributed by atoms with Crippen molar-refractivity contribution in [2.24, 2.45) is 4.99 Å². The normalized spacial score (nSPS) is 8.65. The van der Waals surface area contributed by atoms with Gasteiger partial charge in [0.05, 0.1) is 5.16 Å². The highest BCUT2D eigenvalue weighted by Crippen LogP contribution is 2.01. The van der Waals surface area contributed by atoms with Gasteiger partial charge >= 0.3 is 0 Å². The smallest absolute Gasteiger partial charge is 0.276 e. The Morgan fingerprint density at radius 2 is 1.35 bits per heavy atom. The fraction of sp³-hybridized carbons (Fsp3) is 0. The molecule has 0 saturated carbocycles. The van der Waals surface area contributed by atoms with Gasteiger partial charge in [0.15, 0.2) is 0 Å². The topological polar surface area (TPSA) is 46.5 Å². The van der Waals surface area contributed by atoms with Crippen molar-refractivity contribution in [2.45, 2.75) is 0 Å². The Hall–Kier alpha value is -2.13. The lowest BCUT2D eigenvalue weighted by Crippen LogP contribution is -1.91. The molecule has 2 aromatic rings. The van der Waals surface area contributed by atoms with Crippen molar-refractivity contribution < 1.29 is 9.59 Å². The SMILES string of the molecule is O=C(Cl)c1ccccc1.O=C(N=C=S)c1ccccc1. The molecule has 1 amide bonds. The third kappa shape index (κ3) is 5.67. The van der Waals surface area contributed by atoms with Crippen molar-refractivity contribution >= 4 is 40.1 Å². The van der Waals surface area contributed by atoms with E-state index in [1.807, 2.05) is 17.3 Å². The van der Waals surface area contributed by atoms with E-state index in [4.69, 9.17) is 11.6 Å². The highest BCUT2D eigenvalue weighted by Gasteiger charge is 1.99. The van der Waals surface area contributed by atoms with Crippen LogP contribution in [0, 0.1) is 0 Å². The minimum Gasteiger partial charge on any atom is -0.276 e. The molecule has 0 unspecified atom stereocenters. The van der Waals surface area contributed by atoms with Crippen LogP contribution in [0.5, 0.6) is 0 Å². The molecule has 0 aromatic heterocycles. The van der Waals surface area contributed by atoms with Crippen LogP contribution in [-0.2, 0) is 0 Å². The van der Waals surface area contributed by atoms with E-state index >= 15 is 0 Å². The van der Waals surface area contributed by atoms with E-state index in [1.165, 1.54) is 0 Å². The summed E-state index contributed by atoms with van der Waals surface area (Å²) in [7, 11) is 0. The average Bonchev–Trinajstić information content (AvgIpc) is 2.50. The van der Waals surface area contributed by atoms with Crippen molar-refractivity contribution in [3.8, 4) is 0 Å². The molecule has 100 valence electrons. The maximum absolute atomic E-state index is 10.9. The monoisotopic (exact) mass is 303 g/mol. The van der Waals surface area contributed by atoms with Crippen LogP contribution in [-0.4, -0.2) is 16.3 Å². The minimum absolute atomic E-state index is 0.347. The number of isothiocyanates is 1. The minimum atomic E-state index is -0.407. The molecule has 2 rings (SSSR count). The molecule has 0 aliphatic heterocycles. The number of amides is 1. The lowest BCUT2D eigenvalue weighted by atomic mass is 10.2. The molecule has 0 fully saturated rings. The van der Waals surface area contributed by atoms with E-state index in [1.54, 1.807) is 48.5 Å². The third-order valence-electron chi connectivity index (χ3n) is 2.17. The van der Waals surface area contributed by atoms with Crippen molar-refractivity contribution in [1.82, 2.24) is 0 Å². The lowest BCUT2D eigenvalue weighted by molar-refractivity contribution is 0.100. The number of halogens is 1. The van der Waals surface area contributed by atoms with E-state index in [2.05, 4.69) is 17.2 Å². The summed E-state index contributed by atoms with van der Waals surface area (Å²) in [5.41, 5.74) is 1.07. The number of carbonyl (C=O) groups is 2. The summed E-state index contributed by atoms with van der Waals surface area (Å²) < 4.78 is 0. The molecule has 5 heteroatoms. The molecule has 0 N–H and O–H groups in total. The average molecular weight is 304 g/mol. The summed E-state index contributed by atoms with van der Waals surface area (Å²) in [5, 5.41) is 1.62. The van der Waals surface area contributed by atoms with Crippen LogP contribution >= 0.6 is 23.8 Å². The van der Waals surface area contributed by atoms with E-state index in [9.17, 15) is 9.59 Å². The Balaban J connectivity index is 0.000000204. The highest BCUT2D eigenvalue weighted by molar-refractivity contribution is 7.78. The van der Waals surface area contributed by atoms with Crippen LogP contribution in [0.3, 0.4) is 0 Å². The number of hydrogen-bond donors (Lipinski definition) is 0. The van der Waals surface area contributed by atoms with Gasteiger partial charge < -0.3 is 0 Å². The summed E-state index contributed by atoms with van der Waals surface area (Å²) in [6, 6.07) is 17.5. The van der Waals surface area contributed by atoms with Crippen molar-refractivity contribution in [1.29, 1.82) is 0 Å². The summed E-state index contributed by atoms with van der Waals surface area (Å²) in [5.74, 6) is -0.347. The highest BCUT2D eigenvalue weighted by atomic mass is 35.5. The molecule has 0 atom stereocenters. The molecule has 0 spiro atoms. The van der Waals surface area contributed by atoms with E-state index in [0.29, 0.717) is 11.1 Å². The first kappa shape index (κ1) is 15.9. The lowest BCUT2D eigenvalue weighted by Gasteiger charge is -1.89. The second-order valence-corrected chi connectivity index (χ2v) is 4.04. The Labute approximate surface area is 126 Å². The molecule has 0 aliphatic carbocycles. The van der Waals surface area contributed by atoms with Gasteiger partial charge in [-0.15, -0.1) is 0 Å². The fourth-order valence-electron chi connectivity index (χ4n) is 1.26. The van der Waals surface area contributed by atoms with Crippen molar-refractivity contribution in [2.75, 3.05) is 0 Å². The number of benzene rings is 2. The molecule has 0 saturated heterocycles. The molecular formula is C15H10ClNO2S. The Bertz CT molecular complexity index is 623. The van der Waals surface area contributed by atoms with Gasteiger partial charge in [0, 0.05) is 11.1 Å². The van der Waals surface area contributed by atoms with Gasteiger partial charge in [-0.25, -0.2) is 0 Å².